The van der Waals surface area contributed by atoms with Gasteiger partial charge in [0.1, 0.15) is 17.5 Å². The number of aromatic amines is 2. The van der Waals surface area contributed by atoms with Gasteiger partial charge in [0.2, 0.25) is 0 Å². The van der Waals surface area contributed by atoms with Gasteiger partial charge in [-0.1, -0.05) is 57.9 Å². The first kappa shape index (κ1) is 50.5. The summed E-state index contributed by atoms with van der Waals surface area (Å²) in [6, 6.07) is 15.0. The minimum Gasteiger partial charge on any atom is -0.381 e. The molecule has 2 aromatic carbocycles. The monoisotopic (exact) mass is 949 g/mol. The van der Waals surface area contributed by atoms with Gasteiger partial charge in [-0.25, -0.2) is 9.97 Å². The van der Waals surface area contributed by atoms with Crippen LogP contribution in [0.4, 0.5) is 11.4 Å². The number of aromatic nitrogens is 4. The number of piperazine rings is 1. The molecular formula is C56H72N10O4. The lowest BCUT2D eigenvalue weighted by Gasteiger charge is -2.50. The molecule has 0 radical (unpaired) electrons. The zero-order valence-electron chi connectivity index (χ0n) is 42.4. The zero-order valence-corrected chi connectivity index (χ0v) is 42.4. The number of carbonyl (C=O) groups is 2. The van der Waals surface area contributed by atoms with Crippen LogP contribution in [0.25, 0.3) is 11.1 Å². The van der Waals surface area contributed by atoms with Crippen LogP contribution in [0.5, 0.6) is 0 Å². The number of amides is 2. The van der Waals surface area contributed by atoms with E-state index in [1.165, 1.54) is 34.7 Å². The number of likely N-dealkylation sites (N-methyl/N-ethyl adjacent to an activating group) is 1. The lowest BCUT2D eigenvalue weighted by Crippen LogP contribution is -2.56. The number of hydrogen-bond donors (Lipinski definition) is 4. The minimum absolute atomic E-state index is 0.0476. The Morgan fingerprint density at radius 3 is 1.66 bits per heavy atom. The predicted molar refractivity (Wildman–Crippen MR) is 276 cm³/mol. The third-order valence-corrected chi connectivity index (χ3v) is 15.7. The molecule has 4 aromatic rings. The largest absolute Gasteiger partial charge is 0.381 e. The summed E-state index contributed by atoms with van der Waals surface area (Å²) in [4.78, 5) is 47.2. The number of nitrogens with one attached hydrogen (secondary N) is 4. The van der Waals surface area contributed by atoms with Crippen LogP contribution in [0.2, 0.25) is 0 Å². The average Bonchev–Trinajstić information content (AvgIpc) is 4.07. The average molecular weight is 949 g/mol. The van der Waals surface area contributed by atoms with Crippen LogP contribution in [-0.2, 0) is 20.6 Å². The number of rotatable bonds is 10. The lowest BCUT2D eigenvalue weighted by molar-refractivity contribution is -0.0484. The molecule has 5 aliphatic rings. The third kappa shape index (κ3) is 11.2. The summed E-state index contributed by atoms with van der Waals surface area (Å²) < 4.78 is 11.5. The van der Waals surface area contributed by atoms with Crippen molar-refractivity contribution >= 4 is 34.3 Å². The molecule has 0 unspecified atom stereocenters. The molecule has 0 atom stereocenters. The molecule has 2 aliphatic carbocycles. The SMILES string of the molecule is C#Cc1cnc(C(=O)Nc2ccc(C3(N4CCN(C)CC4)CCOCC3)cc2C2=CCC(C)(C)CC2)[nH]1.CN(C)C1(c2ccc(NC(=O)c3ncc(C#N)[nH]3)c(C3=CCC(C)(C)CC3)c2)CCOCC1. The van der Waals surface area contributed by atoms with Gasteiger partial charge in [0.05, 0.1) is 17.9 Å². The number of anilines is 2. The quantitative estimate of drug-likeness (QED) is 0.113. The van der Waals surface area contributed by atoms with Gasteiger partial charge in [-0.3, -0.25) is 19.4 Å². The van der Waals surface area contributed by atoms with Crippen molar-refractivity contribution < 1.29 is 19.1 Å². The number of carbonyl (C=O) groups excluding carboxylic acids is 2. The number of benzene rings is 2. The van der Waals surface area contributed by atoms with E-state index in [4.69, 9.17) is 21.2 Å². The van der Waals surface area contributed by atoms with Gasteiger partial charge in [0.15, 0.2) is 11.6 Å². The highest BCUT2D eigenvalue weighted by Gasteiger charge is 2.42. The number of hydrogen-bond acceptors (Lipinski definition) is 10. The van der Waals surface area contributed by atoms with E-state index in [1.54, 1.807) is 0 Å². The highest BCUT2D eigenvalue weighted by Crippen LogP contribution is 2.46. The predicted octanol–water partition coefficient (Wildman–Crippen LogP) is 9.18. The molecular weight excluding hydrogens is 877 g/mol. The summed E-state index contributed by atoms with van der Waals surface area (Å²) in [5, 5.41) is 15.2. The van der Waals surface area contributed by atoms with Crippen molar-refractivity contribution in [2.24, 2.45) is 10.8 Å². The van der Waals surface area contributed by atoms with E-state index in [-0.39, 0.29) is 45.6 Å². The second kappa shape index (κ2) is 21.2. The molecule has 2 amide bonds. The number of nitriles is 1. The summed E-state index contributed by atoms with van der Waals surface area (Å²) in [5.74, 6) is 2.21. The van der Waals surface area contributed by atoms with Gasteiger partial charge in [0, 0.05) is 80.6 Å². The Kier molecular flexibility index (Phi) is 15.3. The Morgan fingerprint density at radius 2 is 1.20 bits per heavy atom. The minimum atomic E-state index is -0.351. The van der Waals surface area contributed by atoms with Crippen LogP contribution < -0.4 is 10.6 Å². The van der Waals surface area contributed by atoms with Crippen molar-refractivity contribution in [1.29, 1.82) is 5.26 Å². The van der Waals surface area contributed by atoms with Crippen LogP contribution in [0.15, 0.2) is 60.9 Å². The Bertz CT molecular complexity index is 2670. The highest BCUT2D eigenvalue weighted by molar-refractivity contribution is 6.04. The van der Waals surface area contributed by atoms with Crippen molar-refractivity contribution in [2.45, 2.75) is 103 Å². The molecule has 14 nitrogen and oxygen atoms in total. The third-order valence-electron chi connectivity index (χ3n) is 15.7. The van der Waals surface area contributed by atoms with Crippen LogP contribution >= 0.6 is 0 Å². The summed E-state index contributed by atoms with van der Waals surface area (Å²) in [6.07, 6.45) is 23.1. The fraction of sp³-hybridized carbons (Fsp3) is 0.518. The first-order valence-corrected chi connectivity index (χ1v) is 25.1. The maximum Gasteiger partial charge on any atom is 0.291 e. The summed E-state index contributed by atoms with van der Waals surface area (Å²) in [5.41, 5.74) is 10.1. The first-order valence-electron chi connectivity index (χ1n) is 25.1. The number of H-pyrrole nitrogens is 2. The number of nitrogens with zero attached hydrogens (tertiary/aromatic N) is 6. The fourth-order valence-electron chi connectivity index (χ4n) is 10.9. The van der Waals surface area contributed by atoms with Crippen LogP contribution in [0, 0.1) is 34.5 Å². The molecule has 370 valence electrons. The molecule has 3 aliphatic heterocycles. The molecule has 0 bridgehead atoms. The van der Waals surface area contributed by atoms with Crippen molar-refractivity contribution in [3.63, 3.8) is 0 Å². The van der Waals surface area contributed by atoms with E-state index < -0.39 is 0 Å². The van der Waals surface area contributed by atoms with Crippen LogP contribution in [0.1, 0.15) is 147 Å². The number of terminal acetylenes is 1. The molecule has 14 heteroatoms. The topological polar surface area (TPSA) is 168 Å². The van der Waals surface area contributed by atoms with Gasteiger partial charge in [-0.05, 0) is 143 Å². The smallest absolute Gasteiger partial charge is 0.291 e. The lowest BCUT2D eigenvalue weighted by atomic mass is 9.75. The Balaban J connectivity index is 0.000000190. The van der Waals surface area contributed by atoms with E-state index in [0.717, 1.165) is 139 Å². The molecule has 0 spiro atoms. The van der Waals surface area contributed by atoms with Crippen molar-refractivity contribution in [3.8, 4) is 18.4 Å². The maximum absolute atomic E-state index is 13.1. The summed E-state index contributed by atoms with van der Waals surface area (Å²) in [6.45, 7) is 16.5. The van der Waals surface area contributed by atoms with Gasteiger partial charge in [0.25, 0.3) is 11.8 Å². The number of imidazole rings is 2. The van der Waals surface area contributed by atoms with Crippen molar-refractivity contribution in [1.82, 2.24) is 34.6 Å². The Labute approximate surface area is 414 Å². The molecule has 70 heavy (non-hydrogen) atoms. The highest BCUT2D eigenvalue weighted by atomic mass is 16.5. The molecule has 3 saturated heterocycles. The van der Waals surface area contributed by atoms with Crippen molar-refractivity contribution in [3.05, 3.63) is 106 Å². The standard InChI is InChI=1S/C30H39N5O2.C26H33N5O2/c1-5-24-21-31-27(32-24)28(36)33-26-7-6-23(20-25(26)22-8-10-29(2,3)11-9-22)30(12-18-37-19-13-30)35-16-14-34(4)15-17-35;1-25(2)9-7-18(8-10-25)21-15-19(26(31(3)4)11-13-33-14-12-26)5-6-22(21)30-24(32)23-28-17-20(16-27)29-23/h1,6-8,20-21H,9-19H2,2-4H3,(H,31,32)(H,33,36);5-7,15,17H,8-14H2,1-4H3,(H,28,29)(H,30,32). The van der Waals surface area contributed by atoms with Crippen LogP contribution in [0.3, 0.4) is 0 Å². The van der Waals surface area contributed by atoms with Gasteiger partial charge >= 0.3 is 0 Å². The van der Waals surface area contributed by atoms with E-state index in [2.05, 4.69) is 143 Å². The second-order valence-corrected chi connectivity index (χ2v) is 21.6. The zero-order chi connectivity index (χ0) is 49.7. The summed E-state index contributed by atoms with van der Waals surface area (Å²) >= 11 is 0. The van der Waals surface area contributed by atoms with E-state index in [9.17, 15) is 9.59 Å². The molecule has 4 N–H and O–H groups in total. The van der Waals surface area contributed by atoms with E-state index in [1.807, 2.05) is 12.1 Å². The number of ether oxygens (including phenoxy) is 2. The molecule has 5 heterocycles. The first-order chi connectivity index (χ1) is 33.5. The van der Waals surface area contributed by atoms with Gasteiger partial charge < -0.3 is 35.0 Å². The normalized spacial score (nSPS) is 20.9. The molecule has 0 saturated carbocycles. The van der Waals surface area contributed by atoms with Gasteiger partial charge in [-0.2, -0.15) is 5.26 Å². The second-order valence-electron chi connectivity index (χ2n) is 21.6. The number of allylic oxidation sites excluding steroid dienone is 4. The Morgan fingerprint density at radius 1 is 0.714 bits per heavy atom. The summed E-state index contributed by atoms with van der Waals surface area (Å²) in [7, 11) is 6.46. The molecule has 2 aromatic heterocycles. The van der Waals surface area contributed by atoms with Crippen LogP contribution in [-0.4, -0.2) is 120 Å². The fourth-order valence-corrected chi connectivity index (χ4v) is 10.9. The van der Waals surface area contributed by atoms with E-state index >= 15 is 0 Å². The maximum atomic E-state index is 13.1. The molecule has 9 rings (SSSR count). The van der Waals surface area contributed by atoms with Crippen molar-refractivity contribution in [2.75, 3.05) is 84.4 Å². The Hall–Kier alpha value is -5.87. The van der Waals surface area contributed by atoms with E-state index in [0.29, 0.717) is 11.1 Å². The molecule has 3 fully saturated rings. The van der Waals surface area contributed by atoms with Gasteiger partial charge in [-0.15, -0.1) is 6.42 Å².